The van der Waals surface area contributed by atoms with Crippen molar-refractivity contribution < 1.29 is 13.5 Å². The average Bonchev–Trinajstić information content (AvgIpc) is 1.98. The molecule has 0 aliphatic rings. The van der Waals surface area contributed by atoms with Crippen molar-refractivity contribution in [1.82, 2.24) is 0 Å². The molecule has 0 spiro atoms. The lowest BCUT2D eigenvalue weighted by atomic mass is 10.2. The SMILES string of the molecule is CC(C)C=CC(F)(F)COC(C)C. The molecule has 0 unspecified atom stereocenters. The van der Waals surface area contributed by atoms with Gasteiger partial charge in [-0.3, -0.25) is 0 Å². The summed E-state index contributed by atoms with van der Waals surface area (Å²) in [5.41, 5.74) is 0. The van der Waals surface area contributed by atoms with E-state index in [-0.39, 0.29) is 12.0 Å². The topological polar surface area (TPSA) is 9.23 Å². The van der Waals surface area contributed by atoms with Crippen molar-refractivity contribution in [2.24, 2.45) is 5.92 Å². The van der Waals surface area contributed by atoms with Crippen LogP contribution in [0, 0.1) is 5.92 Å². The van der Waals surface area contributed by atoms with E-state index in [1.54, 1.807) is 13.8 Å². The van der Waals surface area contributed by atoms with E-state index in [0.29, 0.717) is 0 Å². The summed E-state index contributed by atoms with van der Waals surface area (Å²) in [4.78, 5) is 0. The molecule has 0 saturated heterocycles. The first-order chi connectivity index (χ1) is 5.83. The fourth-order valence-electron chi connectivity index (χ4n) is 0.659. The highest BCUT2D eigenvalue weighted by molar-refractivity contribution is 4.96. The van der Waals surface area contributed by atoms with E-state index < -0.39 is 12.5 Å². The van der Waals surface area contributed by atoms with Crippen LogP contribution in [0.3, 0.4) is 0 Å². The van der Waals surface area contributed by atoms with Crippen LogP contribution in [0.1, 0.15) is 27.7 Å². The van der Waals surface area contributed by atoms with Gasteiger partial charge in [-0.25, -0.2) is 0 Å². The third-order valence-electron chi connectivity index (χ3n) is 1.33. The van der Waals surface area contributed by atoms with Crippen molar-refractivity contribution in [2.75, 3.05) is 6.61 Å². The van der Waals surface area contributed by atoms with Crippen LogP contribution in [0.5, 0.6) is 0 Å². The Morgan fingerprint density at radius 3 is 2.15 bits per heavy atom. The van der Waals surface area contributed by atoms with Crippen molar-refractivity contribution in [3.05, 3.63) is 12.2 Å². The molecule has 0 aliphatic carbocycles. The maximum absolute atomic E-state index is 12.9. The molecule has 0 N–H and O–H groups in total. The van der Waals surface area contributed by atoms with Gasteiger partial charge in [0.15, 0.2) is 0 Å². The summed E-state index contributed by atoms with van der Waals surface area (Å²) >= 11 is 0. The molecule has 3 heteroatoms. The molecule has 0 fully saturated rings. The number of halogens is 2. The Hall–Kier alpha value is -0.440. The molecule has 0 bridgehead atoms. The van der Waals surface area contributed by atoms with Gasteiger partial charge in [-0.15, -0.1) is 0 Å². The van der Waals surface area contributed by atoms with Crippen LogP contribution in [-0.4, -0.2) is 18.6 Å². The second-order valence-electron chi connectivity index (χ2n) is 3.72. The summed E-state index contributed by atoms with van der Waals surface area (Å²) in [5, 5.41) is 0. The molecule has 1 nitrogen and oxygen atoms in total. The van der Waals surface area contributed by atoms with Gasteiger partial charge in [0.1, 0.15) is 6.61 Å². The summed E-state index contributed by atoms with van der Waals surface area (Å²) in [6.45, 7) is 6.66. The van der Waals surface area contributed by atoms with Gasteiger partial charge in [0.2, 0.25) is 0 Å². The molecule has 0 radical (unpaired) electrons. The maximum atomic E-state index is 12.9. The van der Waals surface area contributed by atoms with Crippen LogP contribution in [-0.2, 0) is 4.74 Å². The lowest BCUT2D eigenvalue weighted by molar-refractivity contribution is -0.0596. The van der Waals surface area contributed by atoms with Gasteiger partial charge in [-0.05, 0) is 25.8 Å². The van der Waals surface area contributed by atoms with Crippen molar-refractivity contribution in [2.45, 2.75) is 39.7 Å². The van der Waals surface area contributed by atoms with Crippen LogP contribution in [0.25, 0.3) is 0 Å². The van der Waals surface area contributed by atoms with E-state index >= 15 is 0 Å². The zero-order valence-electron chi connectivity index (χ0n) is 8.68. The zero-order chi connectivity index (χ0) is 10.5. The van der Waals surface area contributed by atoms with Gasteiger partial charge in [-0.2, -0.15) is 8.78 Å². The van der Waals surface area contributed by atoms with E-state index in [1.165, 1.54) is 6.08 Å². The number of hydrogen-bond donors (Lipinski definition) is 0. The zero-order valence-corrected chi connectivity index (χ0v) is 8.68. The molecule has 0 amide bonds. The Balaban J connectivity index is 3.93. The maximum Gasteiger partial charge on any atom is 0.289 e. The van der Waals surface area contributed by atoms with Gasteiger partial charge < -0.3 is 4.74 Å². The Morgan fingerprint density at radius 1 is 1.23 bits per heavy atom. The highest BCUT2D eigenvalue weighted by atomic mass is 19.3. The Labute approximate surface area is 78.8 Å². The highest BCUT2D eigenvalue weighted by Gasteiger charge is 2.25. The van der Waals surface area contributed by atoms with Crippen molar-refractivity contribution in [1.29, 1.82) is 0 Å². The highest BCUT2D eigenvalue weighted by Crippen LogP contribution is 2.17. The predicted octanol–water partition coefficient (Wildman–Crippen LogP) is 3.26. The first kappa shape index (κ1) is 12.6. The molecule has 0 aromatic carbocycles. The number of alkyl halides is 2. The second kappa shape index (κ2) is 5.32. The van der Waals surface area contributed by atoms with E-state index in [1.807, 2.05) is 13.8 Å². The van der Waals surface area contributed by atoms with Crippen molar-refractivity contribution in [3.63, 3.8) is 0 Å². The average molecular weight is 192 g/mol. The first-order valence-corrected chi connectivity index (χ1v) is 4.52. The molecule has 0 atom stereocenters. The van der Waals surface area contributed by atoms with Gasteiger partial charge in [0, 0.05) is 0 Å². The summed E-state index contributed by atoms with van der Waals surface area (Å²) in [6, 6.07) is 0. The number of allylic oxidation sites excluding steroid dienone is 1. The molecule has 0 aromatic rings. The Bertz CT molecular complexity index is 162. The van der Waals surface area contributed by atoms with Crippen LogP contribution >= 0.6 is 0 Å². The number of rotatable bonds is 5. The number of ether oxygens (including phenoxy) is 1. The summed E-state index contributed by atoms with van der Waals surface area (Å²) < 4.78 is 30.7. The quantitative estimate of drug-likeness (QED) is 0.607. The lowest BCUT2D eigenvalue weighted by Crippen LogP contribution is -2.23. The van der Waals surface area contributed by atoms with Crippen molar-refractivity contribution in [3.8, 4) is 0 Å². The van der Waals surface area contributed by atoms with Crippen molar-refractivity contribution >= 4 is 0 Å². The molecule has 0 aliphatic heterocycles. The van der Waals surface area contributed by atoms with Crippen LogP contribution in [0.4, 0.5) is 8.78 Å². The third kappa shape index (κ3) is 7.91. The Morgan fingerprint density at radius 2 is 1.77 bits per heavy atom. The fraction of sp³-hybridized carbons (Fsp3) is 0.800. The normalized spacial score (nSPS) is 13.5. The molecular weight excluding hydrogens is 174 g/mol. The molecule has 13 heavy (non-hydrogen) atoms. The molecule has 0 rings (SSSR count). The van der Waals surface area contributed by atoms with E-state index in [2.05, 4.69) is 0 Å². The standard InChI is InChI=1S/C10H18F2O/c1-8(2)5-6-10(11,12)7-13-9(3)4/h5-6,8-9H,7H2,1-4H3. The fourth-order valence-corrected chi connectivity index (χ4v) is 0.659. The van der Waals surface area contributed by atoms with Gasteiger partial charge in [0.05, 0.1) is 6.10 Å². The summed E-state index contributed by atoms with van der Waals surface area (Å²) in [6.07, 6.45) is 2.25. The third-order valence-corrected chi connectivity index (χ3v) is 1.33. The summed E-state index contributed by atoms with van der Waals surface area (Å²) in [7, 11) is 0. The Kier molecular flexibility index (Phi) is 5.14. The van der Waals surface area contributed by atoms with E-state index in [0.717, 1.165) is 6.08 Å². The molecule has 78 valence electrons. The van der Waals surface area contributed by atoms with Gasteiger partial charge in [0.25, 0.3) is 5.92 Å². The van der Waals surface area contributed by atoms with Crippen LogP contribution in [0.15, 0.2) is 12.2 Å². The van der Waals surface area contributed by atoms with Crippen LogP contribution in [0.2, 0.25) is 0 Å². The minimum absolute atomic E-state index is 0.143. The van der Waals surface area contributed by atoms with E-state index in [4.69, 9.17) is 4.74 Å². The largest absolute Gasteiger partial charge is 0.372 e. The molecule has 0 heterocycles. The monoisotopic (exact) mass is 192 g/mol. The van der Waals surface area contributed by atoms with E-state index in [9.17, 15) is 8.78 Å². The first-order valence-electron chi connectivity index (χ1n) is 4.52. The van der Waals surface area contributed by atoms with Gasteiger partial charge in [-0.1, -0.05) is 19.9 Å². The number of hydrogen-bond acceptors (Lipinski definition) is 1. The molecule has 0 saturated carbocycles. The minimum atomic E-state index is -2.84. The predicted molar refractivity (Wildman–Crippen MR) is 50.0 cm³/mol. The second-order valence-corrected chi connectivity index (χ2v) is 3.72. The smallest absolute Gasteiger partial charge is 0.289 e. The lowest BCUT2D eigenvalue weighted by Gasteiger charge is -2.14. The molecule has 0 aromatic heterocycles. The van der Waals surface area contributed by atoms with Crippen LogP contribution < -0.4 is 0 Å². The molecular formula is C10H18F2O. The van der Waals surface area contributed by atoms with Gasteiger partial charge >= 0.3 is 0 Å². The minimum Gasteiger partial charge on any atom is -0.372 e. The summed E-state index contributed by atoms with van der Waals surface area (Å²) in [5.74, 6) is -2.70.